The lowest BCUT2D eigenvalue weighted by Crippen LogP contribution is -2.49. The van der Waals surface area contributed by atoms with Crippen LogP contribution in [0.2, 0.25) is 0 Å². The number of pyridine rings is 1. The van der Waals surface area contributed by atoms with Crippen LogP contribution in [0.4, 0.5) is 5.82 Å². The van der Waals surface area contributed by atoms with Gasteiger partial charge in [0.1, 0.15) is 22.7 Å². The third kappa shape index (κ3) is 2.63. The van der Waals surface area contributed by atoms with E-state index in [1.54, 1.807) is 30.1 Å². The van der Waals surface area contributed by atoms with Crippen molar-refractivity contribution in [2.24, 2.45) is 5.92 Å². The number of aryl methyl sites for hydroxylation is 2. The number of hydrogen-bond acceptors (Lipinski definition) is 6. The summed E-state index contributed by atoms with van der Waals surface area (Å²) in [5, 5.41) is 1.21. The molecule has 0 atom stereocenters. The Morgan fingerprint density at radius 2 is 2.17 bits per heavy atom. The van der Waals surface area contributed by atoms with Crippen LogP contribution in [0.15, 0.2) is 30.9 Å². The fourth-order valence-corrected chi connectivity index (χ4v) is 3.89. The van der Waals surface area contributed by atoms with E-state index >= 15 is 0 Å². The fraction of sp³-hybridized carbons (Fsp3) is 0.353. The summed E-state index contributed by atoms with van der Waals surface area (Å²) in [4.78, 5) is 17.7. The van der Waals surface area contributed by atoms with Crippen LogP contribution in [0, 0.1) is 19.8 Å². The maximum atomic E-state index is 5.79. The normalized spacial score (nSPS) is 15.0. The molecule has 1 aliphatic rings. The Labute approximate surface area is 139 Å². The van der Waals surface area contributed by atoms with E-state index in [1.165, 1.54) is 15.8 Å². The highest BCUT2D eigenvalue weighted by Crippen LogP contribution is 2.36. The predicted octanol–water partition coefficient (Wildman–Crippen LogP) is 3.22. The van der Waals surface area contributed by atoms with Crippen molar-refractivity contribution in [2.75, 3.05) is 24.6 Å². The van der Waals surface area contributed by atoms with Crippen molar-refractivity contribution in [3.8, 4) is 5.75 Å². The Morgan fingerprint density at radius 3 is 2.96 bits per heavy atom. The Balaban J connectivity index is 1.44. The molecule has 3 aromatic heterocycles. The molecular formula is C17H18N4OS. The quantitative estimate of drug-likeness (QED) is 0.737. The monoisotopic (exact) mass is 326 g/mol. The van der Waals surface area contributed by atoms with Crippen LogP contribution >= 0.6 is 11.3 Å². The van der Waals surface area contributed by atoms with Crippen molar-refractivity contribution in [1.29, 1.82) is 0 Å². The van der Waals surface area contributed by atoms with Gasteiger partial charge < -0.3 is 9.64 Å². The topological polar surface area (TPSA) is 51.1 Å². The van der Waals surface area contributed by atoms with Crippen molar-refractivity contribution < 1.29 is 4.74 Å². The Hall–Kier alpha value is -2.21. The van der Waals surface area contributed by atoms with E-state index in [0.717, 1.165) is 36.1 Å². The van der Waals surface area contributed by atoms with E-state index in [1.807, 2.05) is 12.1 Å². The highest BCUT2D eigenvalue weighted by molar-refractivity contribution is 7.18. The molecule has 0 saturated carbocycles. The summed E-state index contributed by atoms with van der Waals surface area (Å²) in [5.41, 5.74) is 1.30. The van der Waals surface area contributed by atoms with Gasteiger partial charge in [0, 0.05) is 30.1 Å². The molecule has 0 aliphatic carbocycles. The highest BCUT2D eigenvalue weighted by Gasteiger charge is 2.30. The van der Waals surface area contributed by atoms with Gasteiger partial charge in [-0.2, -0.15) is 0 Å². The van der Waals surface area contributed by atoms with Gasteiger partial charge in [0.05, 0.1) is 18.2 Å². The molecule has 4 rings (SSSR count). The number of fused-ring (bicyclic) bond motifs is 1. The number of anilines is 1. The largest absolute Gasteiger partial charge is 0.492 e. The minimum atomic E-state index is 0.528. The van der Waals surface area contributed by atoms with Gasteiger partial charge in [0.2, 0.25) is 0 Å². The third-order valence-corrected chi connectivity index (χ3v) is 5.44. The van der Waals surface area contributed by atoms with Crippen LogP contribution in [0.5, 0.6) is 5.75 Å². The second kappa shape index (κ2) is 5.77. The molecule has 118 valence electrons. The van der Waals surface area contributed by atoms with E-state index in [4.69, 9.17) is 4.74 Å². The van der Waals surface area contributed by atoms with E-state index in [2.05, 4.69) is 33.7 Å². The molecule has 0 aromatic carbocycles. The van der Waals surface area contributed by atoms with Gasteiger partial charge in [-0.15, -0.1) is 11.3 Å². The van der Waals surface area contributed by atoms with Crippen molar-refractivity contribution in [3.05, 3.63) is 41.3 Å². The summed E-state index contributed by atoms with van der Waals surface area (Å²) in [7, 11) is 0. The minimum absolute atomic E-state index is 0.528. The zero-order valence-corrected chi connectivity index (χ0v) is 14.0. The Morgan fingerprint density at radius 1 is 1.30 bits per heavy atom. The second-order valence-electron chi connectivity index (χ2n) is 5.93. The number of nitrogens with zero attached hydrogens (tertiary/aromatic N) is 4. The third-order valence-electron chi connectivity index (χ3n) is 4.32. The number of rotatable bonds is 4. The molecule has 3 aromatic rings. The highest BCUT2D eigenvalue weighted by atomic mass is 32.1. The molecule has 0 bridgehead atoms. The zero-order valence-electron chi connectivity index (χ0n) is 13.2. The van der Waals surface area contributed by atoms with Crippen molar-refractivity contribution in [2.45, 2.75) is 13.8 Å². The number of thiophene rings is 1. The molecular weight excluding hydrogens is 308 g/mol. The van der Waals surface area contributed by atoms with Crippen LogP contribution in [-0.4, -0.2) is 34.6 Å². The summed E-state index contributed by atoms with van der Waals surface area (Å²) in [5.74, 6) is 2.43. The summed E-state index contributed by atoms with van der Waals surface area (Å²) >= 11 is 1.74. The molecule has 5 nitrogen and oxygen atoms in total. The molecule has 6 heteroatoms. The zero-order chi connectivity index (χ0) is 15.8. The lowest BCUT2D eigenvalue weighted by Gasteiger charge is -2.40. The maximum Gasteiger partial charge on any atom is 0.141 e. The van der Waals surface area contributed by atoms with Gasteiger partial charge >= 0.3 is 0 Å². The first kappa shape index (κ1) is 14.4. The van der Waals surface area contributed by atoms with Crippen molar-refractivity contribution in [1.82, 2.24) is 15.0 Å². The maximum absolute atomic E-state index is 5.79. The average molecular weight is 326 g/mol. The van der Waals surface area contributed by atoms with Crippen LogP contribution in [0.3, 0.4) is 0 Å². The summed E-state index contributed by atoms with van der Waals surface area (Å²) < 4.78 is 5.79. The fourth-order valence-electron chi connectivity index (χ4n) is 2.90. The Bertz CT molecular complexity index is 827. The first-order valence-corrected chi connectivity index (χ1v) is 8.52. The standard InChI is InChI=1S/C17H18N4OS/c1-11-12(2)23-17-15(11)16(19-10-20-17)21-7-13(8-21)9-22-14-4-3-5-18-6-14/h3-6,10,13H,7-9H2,1-2H3. The summed E-state index contributed by atoms with van der Waals surface area (Å²) in [6.45, 7) is 6.97. The first-order valence-electron chi connectivity index (χ1n) is 7.71. The molecule has 4 heterocycles. The first-order chi connectivity index (χ1) is 11.2. The molecule has 0 N–H and O–H groups in total. The van der Waals surface area contributed by atoms with Crippen molar-refractivity contribution in [3.63, 3.8) is 0 Å². The summed E-state index contributed by atoms with van der Waals surface area (Å²) in [6, 6.07) is 3.83. The molecule has 0 unspecified atom stereocenters. The van der Waals surface area contributed by atoms with Gasteiger partial charge in [0.25, 0.3) is 0 Å². The van der Waals surface area contributed by atoms with E-state index in [9.17, 15) is 0 Å². The number of aromatic nitrogens is 3. The molecule has 23 heavy (non-hydrogen) atoms. The van der Waals surface area contributed by atoms with Gasteiger partial charge in [0.15, 0.2) is 0 Å². The van der Waals surface area contributed by atoms with Crippen molar-refractivity contribution >= 4 is 27.4 Å². The minimum Gasteiger partial charge on any atom is -0.492 e. The SMILES string of the molecule is Cc1sc2ncnc(N3CC(COc4cccnc4)C3)c2c1C. The lowest BCUT2D eigenvalue weighted by atomic mass is 10.0. The van der Waals surface area contributed by atoms with E-state index < -0.39 is 0 Å². The second-order valence-corrected chi connectivity index (χ2v) is 7.13. The van der Waals surface area contributed by atoms with Crippen LogP contribution in [0.1, 0.15) is 10.4 Å². The van der Waals surface area contributed by atoms with Gasteiger partial charge in [-0.05, 0) is 31.5 Å². The average Bonchev–Trinajstić information content (AvgIpc) is 2.82. The summed E-state index contributed by atoms with van der Waals surface area (Å²) in [6.07, 6.45) is 5.18. The van der Waals surface area contributed by atoms with Gasteiger partial charge in [-0.3, -0.25) is 4.98 Å². The van der Waals surface area contributed by atoms with Crippen LogP contribution < -0.4 is 9.64 Å². The molecule has 1 fully saturated rings. The molecule has 1 aliphatic heterocycles. The van der Waals surface area contributed by atoms with E-state index in [-0.39, 0.29) is 0 Å². The van der Waals surface area contributed by atoms with Crippen LogP contribution in [-0.2, 0) is 0 Å². The molecule has 0 spiro atoms. The molecule has 0 amide bonds. The van der Waals surface area contributed by atoms with Crippen LogP contribution in [0.25, 0.3) is 10.2 Å². The smallest absolute Gasteiger partial charge is 0.141 e. The number of hydrogen-bond donors (Lipinski definition) is 0. The molecule has 1 saturated heterocycles. The lowest BCUT2D eigenvalue weighted by molar-refractivity contribution is 0.220. The number of ether oxygens (including phenoxy) is 1. The molecule has 0 radical (unpaired) electrons. The predicted molar refractivity (Wildman–Crippen MR) is 92.3 cm³/mol. The van der Waals surface area contributed by atoms with E-state index in [0.29, 0.717) is 5.92 Å². The van der Waals surface area contributed by atoms with Gasteiger partial charge in [-0.25, -0.2) is 9.97 Å². The Kier molecular flexibility index (Phi) is 3.61. The van der Waals surface area contributed by atoms with Gasteiger partial charge in [-0.1, -0.05) is 0 Å².